The zero-order chi connectivity index (χ0) is 17.3. The first-order valence-electron chi connectivity index (χ1n) is 7.79. The zero-order valence-electron chi connectivity index (χ0n) is 13.3. The smallest absolute Gasteiger partial charge is 0.281 e. The Kier molecular flexibility index (Phi) is 5.08. The van der Waals surface area contributed by atoms with Crippen LogP contribution in [0.5, 0.6) is 0 Å². The number of hydrogen-bond acceptors (Lipinski definition) is 4. The van der Waals surface area contributed by atoms with Gasteiger partial charge in [-0.1, -0.05) is 23.7 Å². The summed E-state index contributed by atoms with van der Waals surface area (Å²) in [6.45, 7) is 1.77. The minimum atomic E-state index is -0.471. The van der Waals surface area contributed by atoms with Gasteiger partial charge in [-0.3, -0.25) is 14.6 Å². The van der Waals surface area contributed by atoms with E-state index in [9.17, 15) is 9.59 Å². The third-order valence-corrected chi connectivity index (χ3v) is 4.85. The number of nitrogens with zero attached hydrogens (tertiary/aromatic N) is 4. The van der Waals surface area contributed by atoms with Gasteiger partial charge in [0.25, 0.3) is 5.91 Å². The van der Waals surface area contributed by atoms with Crippen LogP contribution in [0.1, 0.15) is 12.8 Å². The minimum absolute atomic E-state index is 0.0631. The second-order valence-corrected chi connectivity index (χ2v) is 6.48. The highest BCUT2D eigenvalue weighted by Crippen LogP contribution is 2.30. The molecule has 0 aliphatic carbocycles. The minimum Gasteiger partial charge on any atom is -0.281 e. The third kappa shape index (κ3) is 3.01. The van der Waals surface area contributed by atoms with Crippen molar-refractivity contribution in [3.8, 4) is 0 Å². The molecule has 2 aliphatic heterocycles. The maximum absolute atomic E-state index is 12.5. The summed E-state index contributed by atoms with van der Waals surface area (Å²) in [6.07, 6.45) is 1.83. The highest BCUT2D eigenvalue weighted by atomic mass is 35.5. The summed E-state index contributed by atoms with van der Waals surface area (Å²) in [4.78, 5) is 34.0. The largest absolute Gasteiger partial charge is 0.337 e. The fourth-order valence-electron chi connectivity index (χ4n) is 2.93. The number of hydrogen-bond donors (Lipinski definition) is 0. The van der Waals surface area contributed by atoms with Crippen LogP contribution in [0, 0.1) is 0 Å². The molecule has 1 atom stereocenters. The van der Waals surface area contributed by atoms with Crippen LogP contribution in [0.2, 0.25) is 5.02 Å². The molecule has 0 bridgehead atoms. The van der Waals surface area contributed by atoms with E-state index >= 15 is 0 Å². The molecule has 6 nitrogen and oxygen atoms in total. The second kappa shape index (κ2) is 7.09. The number of anilines is 1. The molecule has 1 unspecified atom stereocenters. The van der Waals surface area contributed by atoms with Crippen LogP contribution in [0.25, 0.3) is 0 Å². The monoisotopic (exact) mass is 368 g/mol. The van der Waals surface area contributed by atoms with Gasteiger partial charge in [0, 0.05) is 20.1 Å². The van der Waals surface area contributed by atoms with E-state index in [2.05, 4.69) is 9.89 Å². The van der Waals surface area contributed by atoms with Crippen molar-refractivity contribution in [1.29, 1.82) is 0 Å². The molecule has 1 aromatic carbocycles. The lowest BCUT2D eigenvalue weighted by molar-refractivity contribution is -0.119. The number of aliphatic imine (C=N–C) groups is 1. The molecule has 3 rings (SSSR count). The molecule has 2 aliphatic rings. The number of carbonyl (C=O) groups is 2. The van der Waals surface area contributed by atoms with E-state index in [-0.39, 0.29) is 17.9 Å². The van der Waals surface area contributed by atoms with Crippen molar-refractivity contribution in [2.24, 2.45) is 4.99 Å². The Morgan fingerprint density at radius 2 is 1.88 bits per heavy atom. The highest BCUT2D eigenvalue weighted by molar-refractivity contribution is 6.55. The number of halogens is 2. The number of imide groups is 1. The number of alkyl halides is 1. The normalized spacial score (nSPS) is 22.0. The second-order valence-electron chi connectivity index (χ2n) is 5.76. The number of benzene rings is 1. The first-order chi connectivity index (χ1) is 11.5. The number of urea groups is 1. The van der Waals surface area contributed by atoms with Crippen LogP contribution in [-0.2, 0) is 4.79 Å². The molecule has 24 heavy (non-hydrogen) atoms. The summed E-state index contributed by atoms with van der Waals surface area (Å²) in [5.74, 6) is -0.132. The highest BCUT2D eigenvalue weighted by Gasteiger charge is 2.42. The van der Waals surface area contributed by atoms with Gasteiger partial charge >= 0.3 is 6.03 Å². The molecule has 0 saturated carbocycles. The lowest BCUT2D eigenvalue weighted by atomic mass is 10.3. The van der Waals surface area contributed by atoms with Crippen molar-refractivity contribution < 1.29 is 9.59 Å². The molecule has 128 valence electrons. The van der Waals surface area contributed by atoms with E-state index in [0.29, 0.717) is 10.7 Å². The number of rotatable bonds is 4. The molecule has 0 radical (unpaired) electrons. The summed E-state index contributed by atoms with van der Waals surface area (Å²) in [7, 11) is 1.43. The zero-order valence-corrected chi connectivity index (χ0v) is 14.8. The molecule has 8 heteroatoms. The van der Waals surface area contributed by atoms with Gasteiger partial charge in [-0.25, -0.2) is 14.7 Å². The number of amidine groups is 1. The van der Waals surface area contributed by atoms with E-state index in [0.717, 1.165) is 30.8 Å². The number of likely N-dealkylation sites (N-methyl/N-ethyl adjacent to an activating group) is 1. The fourth-order valence-corrected chi connectivity index (χ4v) is 3.42. The summed E-state index contributed by atoms with van der Waals surface area (Å²) < 4.78 is 0. The lowest BCUT2D eigenvalue weighted by Crippen LogP contribution is -2.37. The molecular formula is C16H18Cl2N4O2. The maximum atomic E-state index is 12.5. The van der Waals surface area contributed by atoms with Crippen LogP contribution in [0.15, 0.2) is 29.3 Å². The SMILES string of the molecule is CN1C(=O)/C(=N\C(CCl)N2CCCC2)N(c2ccccc2Cl)C1=O. The first kappa shape index (κ1) is 17.2. The summed E-state index contributed by atoms with van der Waals surface area (Å²) >= 11 is 12.3. The van der Waals surface area contributed by atoms with Gasteiger partial charge in [0.15, 0.2) is 0 Å². The molecule has 2 fully saturated rings. The molecule has 0 aromatic heterocycles. The van der Waals surface area contributed by atoms with E-state index in [4.69, 9.17) is 23.2 Å². The number of carbonyl (C=O) groups excluding carboxylic acids is 2. The molecule has 0 N–H and O–H groups in total. The van der Waals surface area contributed by atoms with Gasteiger partial charge in [0.1, 0.15) is 6.17 Å². The van der Waals surface area contributed by atoms with Gasteiger partial charge in [-0.15, -0.1) is 11.6 Å². The number of amides is 3. The predicted octanol–water partition coefficient (Wildman–Crippen LogP) is 2.80. The Labute approximate surface area is 150 Å². The van der Waals surface area contributed by atoms with Crippen LogP contribution in [0.3, 0.4) is 0 Å². The van der Waals surface area contributed by atoms with Crippen LogP contribution in [0.4, 0.5) is 10.5 Å². The van der Waals surface area contributed by atoms with Crippen LogP contribution >= 0.6 is 23.2 Å². The Morgan fingerprint density at radius 1 is 1.21 bits per heavy atom. The Morgan fingerprint density at radius 3 is 2.50 bits per heavy atom. The average molecular weight is 369 g/mol. The van der Waals surface area contributed by atoms with E-state index in [1.165, 1.54) is 11.9 Å². The average Bonchev–Trinajstić information content (AvgIpc) is 3.18. The van der Waals surface area contributed by atoms with Crippen molar-refractivity contribution in [2.45, 2.75) is 19.0 Å². The molecule has 3 amide bonds. The van der Waals surface area contributed by atoms with Crippen LogP contribution < -0.4 is 4.90 Å². The lowest BCUT2D eigenvalue weighted by Gasteiger charge is -2.23. The molecule has 0 spiro atoms. The molecule has 2 saturated heterocycles. The summed E-state index contributed by atoms with van der Waals surface area (Å²) in [5, 5.41) is 0.380. The van der Waals surface area contributed by atoms with Crippen LogP contribution in [-0.4, -0.2) is 59.8 Å². The predicted molar refractivity (Wildman–Crippen MR) is 94.8 cm³/mol. The number of likely N-dealkylation sites (tertiary alicyclic amines) is 1. The first-order valence-corrected chi connectivity index (χ1v) is 8.70. The topological polar surface area (TPSA) is 56.2 Å². The van der Waals surface area contributed by atoms with Crippen molar-refractivity contribution >= 4 is 46.7 Å². The Hall–Kier alpha value is -1.63. The summed E-state index contributed by atoms with van der Waals surface area (Å²) in [5.41, 5.74) is 0.440. The Bertz CT molecular complexity index is 688. The Balaban J connectivity index is 2.01. The number of para-hydroxylation sites is 1. The van der Waals surface area contributed by atoms with Crippen molar-refractivity contribution in [3.05, 3.63) is 29.3 Å². The van der Waals surface area contributed by atoms with Crippen molar-refractivity contribution in [3.63, 3.8) is 0 Å². The van der Waals surface area contributed by atoms with Crippen molar-refractivity contribution in [1.82, 2.24) is 9.80 Å². The maximum Gasteiger partial charge on any atom is 0.337 e. The fraction of sp³-hybridized carbons (Fsp3) is 0.438. The van der Waals surface area contributed by atoms with E-state index in [1.807, 2.05) is 0 Å². The van der Waals surface area contributed by atoms with Gasteiger partial charge in [0.05, 0.1) is 16.6 Å². The van der Waals surface area contributed by atoms with E-state index < -0.39 is 11.9 Å². The van der Waals surface area contributed by atoms with Gasteiger partial charge < -0.3 is 0 Å². The molecule has 1 aromatic rings. The molecule has 2 heterocycles. The van der Waals surface area contributed by atoms with Gasteiger partial charge in [-0.2, -0.15) is 0 Å². The van der Waals surface area contributed by atoms with Crippen molar-refractivity contribution in [2.75, 3.05) is 30.9 Å². The van der Waals surface area contributed by atoms with Gasteiger partial charge in [-0.05, 0) is 25.0 Å². The van der Waals surface area contributed by atoms with E-state index in [1.54, 1.807) is 24.3 Å². The third-order valence-electron chi connectivity index (χ3n) is 4.25. The molecular weight excluding hydrogens is 351 g/mol. The van der Waals surface area contributed by atoms with Gasteiger partial charge in [0.2, 0.25) is 5.84 Å². The standard InChI is InChI=1S/C16H18Cl2N4O2/c1-20-15(23)14(19-13(10-17)21-8-4-5-9-21)22(16(20)24)12-7-3-2-6-11(12)18/h2-3,6-7,13H,4-5,8-10H2,1H3/b19-14+. The summed E-state index contributed by atoms with van der Waals surface area (Å²) in [6, 6.07) is 6.41. The quantitative estimate of drug-likeness (QED) is 0.606.